The van der Waals surface area contributed by atoms with Gasteiger partial charge in [-0.3, -0.25) is 0 Å². The Morgan fingerprint density at radius 3 is 1.26 bits per heavy atom. The van der Waals surface area contributed by atoms with E-state index in [-0.39, 0.29) is 0 Å². The van der Waals surface area contributed by atoms with Crippen molar-refractivity contribution in [2.45, 2.75) is 18.3 Å². The predicted molar refractivity (Wildman–Crippen MR) is 207 cm³/mol. The summed E-state index contributed by atoms with van der Waals surface area (Å²) in [4.78, 5) is 0. The maximum atomic E-state index is 6.74. The molecule has 0 unspecified atom stereocenters. The largest absolute Gasteiger partial charge is 0.457 e. The number of ether oxygens (including phenoxy) is 1. The van der Waals surface area contributed by atoms with Gasteiger partial charge in [-0.15, -0.1) is 0 Å². The van der Waals surface area contributed by atoms with Gasteiger partial charge in [-0.1, -0.05) is 146 Å². The van der Waals surface area contributed by atoms with E-state index < -0.39 is 5.41 Å². The summed E-state index contributed by atoms with van der Waals surface area (Å²) < 4.78 is 6.74. The smallest absolute Gasteiger partial charge is 0.132 e. The van der Waals surface area contributed by atoms with Crippen molar-refractivity contribution in [2.75, 3.05) is 0 Å². The first-order valence-corrected chi connectivity index (χ1v) is 17.5. The van der Waals surface area contributed by atoms with Gasteiger partial charge in [-0.25, -0.2) is 0 Å². The van der Waals surface area contributed by atoms with Crippen LogP contribution in [0.5, 0.6) is 11.5 Å². The van der Waals surface area contributed by atoms with Gasteiger partial charge in [0, 0.05) is 11.1 Å². The first kappa shape index (κ1) is 29.9. The van der Waals surface area contributed by atoms with E-state index in [4.69, 9.17) is 4.74 Å². The molecule has 1 heterocycles. The number of rotatable bonds is 6. The summed E-state index contributed by atoms with van der Waals surface area (Å²) in [5.41, 5.74) is 13.6. The van der Waals surface area contributed by atoms with E-state index in [0.29, 0.717) is 0 Å². The van der Waals surface area contributed by atoms with Gasteiger partial charge >= 0.3 is 0 Å². The monoisotopic (exact) mass is 640 g/mol. The lowest BCUT2D eigenvalue weighted by Gasteiger charge is -2.42. The summed E-state index contributed by atoms with van der Waals surface area (Å²) in [6.45, 7) is 0. The Hall–Kier alpha value is -6.18. The summed E-state index contributed by atoms with van der Waals surface area (Å²) in [5, 5.41) is 0. The van der Waals surface area contributed by atoms with Crippen LogP contribution < -0.4 is 4.74 Å². The molecule has 0 spiro atoms. The fraction of sp³-hybridized carbons (Fsp3) is 0.0612. The third-order valence-corrected chi connectivity index (χ3v) is 10.2. The Balaban J connectivity index is 1.44. The summed E-state index contributed by atoms with van der Waals surface area (Å²) in [6, 6.07) is 63.9. The summed E-state index contributed by atoms with van der Waals surface area (Å²) in [5.74, 6) is 1.75. The predicted octanol–water partition coefficient (Wildman–Crippen LogP) is 12.9. The first-order valence-electron chi connectivity index (χ1n) is 17.5. The van der Waals surface area contributed by atoms with Crippen molar-refractivity contribution in [3.8, 4) is 44.9 Å². The van der Waals surface area contributed by atoms with E-state index in [9.17, 15) is 0 Å². The molecule has 0 amide bonds. The van der Waals surface area contributed by atoms with Gasteiger partial charge in [0.15, 0.2) is 0 Å². The van der Waals surface area contributed by atoms with Gasteiger partial charge in [-0.05, 0) is 117 Å². The molecule has 1 nitrogen and oxygen atoms in total. The molecule has 1 heteroatoms. The molecular formula is C49H36O. The minimum absolute atomic E-state index is 0.696. The molecule has 0 fully saturated rings. The lowest BCUT2D eigenvalue weighted by atomic mass is 9.62. The van der Waals surface area contributed by atoms with Crippen LogP contribution in [0.3, 0.4) is 0 Å². The first-order chi connectivity index (χ1) is 24.8. The average molecular weight is 641 g/mol. The quantitative estimate of drug-likeness (QED) is 0.176. The summed E-state index contributed by atoms with van der Waals surface area (Å²) >= 11 is 0. The molecule has 1 aliphatic carbocycles. The van der Waals surface area contributed by atoms with Gasteiger partial charge in [0.05, 0.1) is 5.41 Å². The maximum Gasteiger partial charge on any atom is 0.132 e. The molecule has 0 atom stereocenters. The lowest BCUT2D eigenvalue weighted by molar-refractivity contribution is 0.434. The molecule has 238 valence electrons. The van der Waals surface area contributed by atoms with Crippen molar-refractivity contribution in [3.63, 3.8) is 0 Å². The van der Waals surface area contributed by atoms with Gasteiger partial charge in [0.1, 0.15) is 11.5 Å². The molecule has 2 aliphatic rings. The number of benzene rings is 7. The van der Waals surface area contributed by atoms with Crippen LogP contribution in [0.15, 0.2) is 194 Å². The van der Waals surface area contributed by atoms with E-state index in [0.717, 1.165) is 35.5 Å². The van der Waals surface area contributed by atoms with Gasteiger partial charge in [0.2, 0.25) is 0 Å². The molecule has 0 saturated carbocycles. The molecular weight excluding hydrogens is 605 g/mol. The van der Waals surface area contributed by atoms with Crippen LogP contribution in [-0.2, 0) is 5.41 Å². The SMILES string of the molecule is C1=CC(c2cc(-c3ccccc3)cc(C3(c4cc(-c5ccccc5)cc(-c5ccccc5)c4)c4ccccc4Oc4ccccc43)c2)=CCC1. The van der Waals surface area contributed by atoms with Crippen molar-refractivity contribution >= 4 is 5.57 Å². The lowest BCUT2D eigenvalue weighted by Crippen LogP contribution is -2.34. The van der Waals surface area contributed by atoms with E-state index in [1.165, 1.54) is 55.6 Å². The number of para-hydroxylation sites is 2. The zero-order valence-corrected chi connectivity index (χ0v) is 27.8. The topological polar surface area (TPSA) is 9.23 Å². The van der Waals surface area contributed by atoms with Crippen LogP contribution in [0.4, 0.5) is 0 Å². The van der Waals surface area contributed by atoms with E-state index in [1.807, 2.05) is 0 Å². The summed E-state index contributed by atoms with van der Waals surface area (Å²) in [7, 11) is 0. The molecule has 0 aromatic heterocycles. The van der Waals surface area contributed by atoms with Crippen LogP contribution in [0.25, 0.3) is 39.0 Å². The van der Waals surface area contributed by atoms with Gasteiger partial charge in [0.25, 0.3) is 0 Å². The Kier molecular flexibility index (Phi) is 7.59. The molecule has 7 aromatic carbocycles. The minimum Gasteiger partial charge on any atom is -0.457 e. The molecule has 1 aliphatic heterocycles. The van der Waals surface area contributed by atoms with E-state index in [2.05, 4.69) is 194 Å². The van der Waals surface area contributed by atoms with Crippen LogP contribution in [0.2, 0.25) is 0 Å². The number of fused-ring (bicyclic) bond motifs is 2. The van der Waals surface area contributed by atoms with E-state index in [1.54, 1.807) is 0 Å². The Morgan fingerprint density at radius 2 is 0.800 bits per heavy atom. The van der Waals surface area contributed by atoms with Gasteiger partial charge in [-0.2, -0.15) is 0 Å². The van der Waals surface area contributed by atoms with Crippen LogP contribution in [0.1, 0.15) is 40.7 Å². The van der Waals surface area contributed by atoms with E-state index >= 15 is 0 Å². The highest BCUT2D eigenvalue weighted by atomic mass is 16.5. The molecule has 9 rings (SSSR count). The minimum atomic E-state index is -0.696. The fourth-order valence-electron chi connectivity index (χ4n) is 7.86. The van der Waals surface area contributed by atoms with Crippen LogP contribution in [-0.4, -0.2) is 0 Å². The van der Waals surface area contributed by atoms with Crippen molar-refractivity contribution in [1.82, 2.24) is 0 Å². The number of allylic oxidation sites excluding steroid dienone is 4. The second kappa shape index (κ2) is 12.7. The molecule has 0 bridgehead atoms. The molecule has 0 N–H and O–H groups in total. The Labute approximate surface area is 294 Å². The highest BCUT2D eigenvalue weighted by molar-refractivity contribution is 5.83. The molecule has 0 saturated heterocycles. The summed E-state index contributed by atoms with van der Waals surface area (Å²) in [6.07, 6.45) is 9.09. The van der Waals surface area contributed by atoms with Crippen molar-refractivity contribution in [1.29, 1.82) is 0 Å². The van der Waals surface area contributed by atoms with Gasteiger partial charge < -0.3 is 4.74 Å². The zero-order chi connectivity index (χ0) is 33.3. The number of hydrogen-bond acceptors (Lipinski definition) is 1. The maximum absolute atomic E-state index is 6.74. The second-order valence-corrected chi connectivity index (χ2v) is 13.2. The third-order valence-electron chi connectivity index (χ3n) is 10.2. The highest BCUT2D eigenvalue weighted by Crippen LogP contribution is 2.56. The van der Waals surface area contributed by atoms with Crippen molar-refractivity contribution in [2.24, 2.45) is 0 Å². The Bertz CT molecular complexity index is 2280. The number of hydrogen-bond donors (Lipinski definition) is 0. The third kappa shape index (κ3) is 5.19. The zero-order valence-electron chi connectivity index (χ0n) is 27.8. The normalized spacial score (nSPS) is 14.2. The average Bonchev–Trinajstić information content (AvgIpc) is 3.21. The molecule has 7 aromatic rings. The molecule has 50 heavy (non-hydrogen) atoms. The highest BCUT2D eigenvalue weighted by Gasteiger charge is 2.46. The fourth-order valence-corrected chi connectivity index (χ4v) is 7.86. The Morgan fingerprint density at radius 1 is 0.380 bits per heavy atom. The van der Waals surface area contributed by atoms with Crippen LogP contribution in [0, 0.1) is 0 Å². The van der Waals surface area contributed by atoms with Crippen molar-refractivity contribution in [3.05, 3.63) is 222 Å². The van der Waals surface area contributed by atoms with Crippen molar-refractivity contribution < 1.29 is 4.74 Å². The standard InChI is InChI=1S/C49H36O/c1-5-17-35(18-6-1)39-29-40(36-19-7-2-8-20-36)32-43(31-39)49(45-25-13-15-27-47(45)50-48-28-16-14-26-46(48)49)44-33-41(37-21-9-3-10-22-37)30-42(34-44)38-23-11-4-12-24-38/h1-3,5-11,13-34H,4,12H2. The molecule has 0 radical (unpaired) electrons. The second-order valence-electron chi connectivity index (χ2n) is 13.2. The van der Waals surface area contributed by atoms with Crippen LogP contribution >= 0.6 is 0 Å².